The van der Waals surface area contributed by atoms with Crippen LogP contribution in [0.4, 0.5) is 0 Å². The Morgan fingerprint density at radius 2 is 1.91 bits per heavy atom. The number of nitrogens with two attached hydrogens (primary N) is 1. The molecule has 1 aliphatic heterocycles. The van der Waals surface area contributed by atoms with Crippen LogP contribution in [0.15, 0.2) is 0 Å². The average molecular weight is 159 g/mol. The molecule has 2 N–H and O–H groups in total. The zero-order valence-electron chi connectivity index (χ0n) is 7.30. The SMILES string of the molecule is CC(C)(CCN)C1OCCO1. The molecule has 0 amide bonds. The molecule has 1 heterocycles. The van der Waals surface area contributed by atoms with Crippen molar-refractivity contribution in [3.8, 4) is 0 Å². The van der Waals surface area contributed by atoms with Crippen molar-refractivity contribution in [1.29, 1.82) is 0 Å². The van der Waals surface area contributed by atoms with Gasteiger partial charge >= 0.3 is 0 Å². The van der Waals surface area contributed by atoms with Gasteiger partial charge in [0.05, 0.1) is 13.2 Å². The molecule has 0 aromatic heterocycles. The highest BCUT2D eigenvalue weighted by atomic mass is 16.7. The molecule has 0 bridgehead atoms. The fraction of sp³-hybridized carbons (Fsp3) is 1.00. The van der Waals surface area contributed by atoms with Gasteiger partial charge in [0.25, 0.3) is 0 Å². The van der Waals surface area contributed by atoms with Gasteiger partial charge in [0, 0.05) is 5.41 Å². The van der Waals surface area contributed by atoms with Crippen molar-refractivity contribution in [3.05, 3.63) is 0 Å². The maximum absolute atomic E-state index is 5.47. The largest absolute Gasteiger partial charge is 0.350 e. The summed E-state index contributed by atoms with van der Waals surface area (Å²) < 4.78 is 10.8. The summed E-state index contributed by atoms with van der Waals surface area (Å²) in [7, 11) is 0. The standard InChI is InChI=1S/C8H17NO2/c1-8(2,3-4-9)7-10-5-6-11-7/h7H,3-6,9H2,1-2H3. The van der Waals surface area contributed by atoms with Gasteiger partial charge in [-0.15, -0.1) is 0 Å². The van der Waals surface area contributed by atoms with Crippen molar-refractivity contribution in [2.24, 2.45) is 11.1 Å². The fourth-order valence-corrected chi connectivity index (χ4v) is 1.30. The van der Waals surface area contributed by atoms with Crippen LogP contribution in [0.25, 0.3) is 0 Å². The van der Waals surface area contributed by atoms with Crippen LogP contribution in [0.1, 0.15) is 20.3 Å². The first-order chi connectivity index (χ1) is 5.17. The van der Waals surface area contributed by atoms with Crippen molar-refractivity contribution >= 4 is 0 Å². The average Bonchev–Trinajstić information content (AvgIpc) is 2.37. The minimum atomic E-state index is -0.0500. The Balaban J connectivity index is 2.41. The lowest BCUT2D eigenvalue weighted by Crippen LogP contribution is -2.32. The monoisotopic (exact) mass is 159 g/mol. The van der Waals surface area contributed by atoms with Gasteiger partial charge in [0.2, 0.25) is 0 Å². The summed E-state index contributed by atoms with van der Waals surface area (Å²) in [6.45, 7) is 6.37. The zero-order valence-corrected chi connectivity index (χ0v) is 7.30. The molecule has 3 heteroatoms. The van der Waals surface area contributed by atoms with Gasteiger partial charge in [0.15, 0.2) is 6.29 Å². The number of rotatable bonds is 3. The first-order valence-corrected chi connectivity index (χ1v) is 4.10. The van der Waals surface area contributed by atoms with Crippen LogP contribution in [0.5, 0.6) is 0 Å². The first-order valence-electron chi connectivity index (χ1n) is 4.10. The Labute approximate surface area is 67.9 Å². The molecule has 0 spiro atoms. The van der Waals surface area contributed by atoms with E-state index in [0.29, 0.717) is 6.54 Å². The maximum atomic E-state index is 5.47. The summed E-state index contributed by atoms with van der Waals surface area (Å²) in [5, 5.41) is 0. The van der Waals surface area contributed by atoms with E-state index in [0.717, 1.165) is 19.6 Å². The smallest absolute Gasteiger partial charge is 0.162 e. The lowest BCUT2D eigenvalue weighted by atomic mass is 9.89. The van der Waals surface area contributed by atoms with Gasteiger partial charge in [-0.2, -0.15) is 0 Å². The normalized spacial score (nSPS) is 21.0. The number of ether oxygens (including phenoxy) is 2. The molecule has 0 aromatic carbocycles. The van der Waals surface area contributed by atoms with Crippen molar-refractivity contribution in [3.63, 3.8) is 0 Å². The topological polar surface area (TPSA) is 44.5 Å². The molecular weight excluding hydrogens is 142 g/mol. The minimum Gasteiger partial charge on any atom is -0.350 e. The quantitative estimate of drug-likeness (QED) is 0.660. The molecule has 0 aromatic rings. The third-order valence-electron chi connectivity index (χ3n) is 2.05. The summed E-state index contributed by atoms with van der Waals surface area (Å²) in [6, 6.07) is 0. The Morgan fingerprint density at radius 3 is 2.36 bits per heavy atom. The summed E-state index contributed by atoms with van der Waals surface area (Å²) in [5.41, 5.74) is 5.53. The lowest BCUT2D eigenvalue weighted by molar-refractivity contribution is -0.121. The molecule has 0 aliphatic carbocycles. The predicted octanol–water partition coefficient (Wildman–Crippen LogP) is 0.734. The van der Waals surface area contributed by atoms with Gasteiger partial charge in [-0.25, -0.2) is 0 Å². The molecule has 0 saturated carbocycles. The first kappa shape index (κ1) is 8.97. The van der Waals surface area contributed by atoms with E-state index in [1.165, 1.54) is 0 Å². The van der Waals surface area contributed by atoms with Gasteiger partial charge in [0.1, 0.15) is 0 Å². The lowest BCUT2D eigenvalue weighted by Gasteiger charge is -2.28. The van der Waals surface area contributed by atoms with Gasteiger partial charge in [-0.1, -0.05) is 13.8 Å². The van der Waals surface area contributed by atoms with Crippen molar-refractivity contribution in [2.75, 3.05) is 19.8 Å². The van der Waals surface area contributed by atoms with E-state index < -0.39 is 0 Å². The van der Waals surface area contributed by atoms with Crippen LogP contribution in [-0.2, 0) is 9.47 Å². The van der Waals surface area contributed by atoms with E-state index in [1.54, 1.807) is 0 Å². The maximum Gasteiger partial charge on any atom is 0.162 e. The summed E-state index contributed by atoms with van der Waals surface area (Å²) in [6.07, 6.45) is 0.892. The molecular formula is C8H17NO2. The summed E-state index contributed by atoms with van der Waals surface area (Å²) >= 11 is 0. The van der Waals surface area contributed by atoms with Gasteiger partial charge in [-0.3, -0.25) is 0 Å². The van der Waals surface area contributed by atoms with Crippen LogP contribution in [0.2, 0.25) is 0 Å². The van der Waals surface area contributed by atoms with Crippen LogP contribution in [0.3, 0.4) is 0 Å². The van der Waals surface area contributed by atoms with E-state index in [1.807, 2.05) is 0 Å². The van der Waals surface area contributed by atoms with Gasteiger partial charge < -0.3 is 15.2 Å². The second-order valence-electron chi connectivity index (χ2n) is 3.60. The van der Waals surface area contributed by atoms with Crippen molar-refractivity contribution in [1.82, 2.24) is 0 Å². The van der Waals surface area contributed by atoms with Crippen molar-refractivity contribution < 1.29 is 9.47 Å². The third-order valence-corrected chi connectivity index (χ3v) is 2.05. The molecule has 0 unspecified atom stereocenters. The molecule has 0 atom stereocenters. The van der Waals surface area contributed by atoms with Crippen LogP contribution >= 0.6 is 0 Å². The van der Waals surface area contributed by atoms with E-state index in [9.17, 15) is 0 Å². The molecule has 1 rings (SSSR count). The summed E-state index contributed by atoms with van der Waals surface area (Å²) in [4.78, 5) is 0. The van der Waals surface area contributed by atoms with E-state index >= 15 is 0 Å². The fourth-order valence-electron chi connectivity index (χ4n) is 1.30. The molecule has 1 fully saturated rings. The number of hydrogen-bond donors (Lipinski definition) is 1. The van der Waals surface area contributed by atoms with Crippen LogP contribution < -0.4 is 5.73 Å². The predicted molar refractivity (Wildman–Crippen MR) is 43.1 cm³/mol. The molecule has 1 saturated heterocycles. The Hall–Kier alpha value is -0.120. The van der Waals surface area contributed by atoms with E-state index in [4.69, 9.17) is 15.2 Å². The Kier molecular flexibility index (Phi) is 2.87. The van der Waals surface area contributed by atoms with Gasteiger partial charge in [-0.05, 0) is 13.0 Å². The molecule has 1 aliphatic rings. The Morgan fingerprint density at radius 1 is 1.36 bits per heavy atom. The van der Waals surface area contributed by atoms with Crippen LogP contribution in [-0.4, -0.2) is 26.0 Å². The molecule has 66 valence electrons. The van der Waals surface area contributed by atoms with Crippen LogP contribution in [0, 0.1) is 5.41 Å². The second kappa shape index (κ2) is 3.52. The van der Waals surface area contributed by atoms with E-state index in [-0.39, 0.29) is 11.7 Å². The van der Waals surface area contributed by atoms with Crippen molar-refractivity contribution in [2.45, 2.75) is 26.6 Å². The summed E-state index contributed by atoms with van der Waals surface area (Å²) in [5.74, 6) is 0. The minimum absolute atomic E-state index is 0.0500. The van der Waals surface area contributed by atoms with E-state index in [2.05, 4.69) is 13.8 Å². The number of hydrogen-bond acceptors (Lipinski definition) is 3. The highest BCUT2D eigenvalue weighted by molar-refractivity contribution is 4.75. The molecule has 11 heavy (non-hydrogen) atoms. The molecule has 0 radical (unpaired) electrons. The zero-order chi connectivity index (χ0) is 8.32. The highest BCUT2D eigenvalue weighted by Crippen LogP contribution is 2.29. The Bertz CT molecular complexity index is 119. The third kappa shape index (κ3) is 2.15. The molecule has 3 nitrogen and oxygen atoms in total. The highest BCUT2D eigenvalue weighted by Gasteiger charge is 2.33. The second-order valence-corrected chi connectivity index (χ2v) is 3.60.